The van der Waals surface area contributed by atoms with Crippen molar-refractivity contribution in [3.05, 3.63) is 136 Å². The van der Waals surface area contributed by atoms with Gasteiger partial charge in [-0.1, -0.05) is 108 Å². The third kappa shape index (κ3) is 2.38. The molecule has 3 aromatic carbocycles. The molecule has 0 unspecified atom stereocenters. The van der Waals surface area contributed by atoms with Gasteiger partial charge in [-0.05, 0) is 53.7 Å². The van der Waals surface area contributed by atoms with Crippen molar-refractivity contribution in [2.75, 3.05) is 0 Å². The standard InChI is InChI=1S/C28H24/c1-20-12-16-22(17-13-20)28(23-18-14-21(2)15-19-23)26-10-5-3-4-8-24(26)25-9-6-7-11-27(25)28/h3,5-19H,4H2,1-2H3. The van der Waals surface area contributed by atoms with Crippen LogP contribution in [0.5, 0.6) is 0 Å². The summed E-state index contributed by atoms with van der Waals surface area (Å²) in [5.74, 6) is 0. The summed E-state index contributed by atoms with van der Waals surface area (Å²) >= 11 is 0. The minimum atomic E-state index is -0.279. The van der Waals surface area contributed by atoms with E-state index in [0.717, 1.165) is 6.42 Å². The topological polar surface area (TPSA) is 0 Å². The quantitative estimate of drug-likeness (QED) is 0.465. The van der Waals surface area contributed by atoms with E-state index in [4.69, 9.17) is 0 Å². The van der Waals surface area contributed by atoms with E-state index in [2.05, 4.69) is 111 Å². The average Bonchev–Trinajstić information content (AvgIpc) is 2.85. The van der Waals surface area contributed by atoms with Gasteiger partial charge in [0.2, 0.25) is 0 Å². The zero-order chi connectivity index (χ0) is 19.1. The molecule has 0 aliphatic heterocycles. The SMILES string of the molecule is Cc1ccc(C2(c3ccc(C)cc3)C3=CC=CCC=C3c3ccccc32)cc1. The molecule has 0 saturated heterocycles. The number of allylic oxidation sites excluding steroid dienone is 6. The summed E-state index contributed by atoms with van der Waals surface area (Å²) in [6, 6.07) is 27.1. The van der Waals surface area contributed by atoms with Gasteiger partial charge in [-0.25, -0.2) is 0 Å². The van der Waals surface area contributed by atoms with Crippen molar-refractivity contribution < 1.29 is 0 Å². The van der Waals surface area contributed by atoms with Crippen molar-refractivity contribution in [1.29, 1.82) is 0 Å². The van der Waals surface area contributed by atoms with E-state index >= 15 is 0 Å². The van der Waals surface area contributed by atoms with Gasteiger partial charge in [0, 0.05) is 0 Å². The molecule has 0 heteroatoms. The molecule has 0 bridgehead atoms. The molecule has 0 heterocycles. The number of benzene rings is 3. The Hall–Kier alpha value is -3.12. The molecule has 0 spiro atoms. The third-order valence-electron chi connectivity index (χ3n) is 6.14. The largest absolute Gasteiger partial charge is 0.0807 e. The molecule has 0 atom stereocenters. The molecule has 0 radical (unpaired) electrons. The summed E-state index contributed by atoms with van der Waals surface area (Å²) in [6.45, 7) is 4.31. The van der Waals surface area contributed by atoms with Crippen LogP contribution in [0.2, 0.25) is 0 Å². The lowest BCUT2D eigenvalue weighted by atomic mass is 9.67. The van der Waals surface area contributed by atoms with Crippen LogP contribution < -0.4 is 0 Å². The van der Waals surface area contributed by atoms with Gasteiger partial charge in [0.25, 0.3) is 0 Å². The minimum absolute atomic E-state index is 0.279. The number of rotatable bonds is 2. The summed E-state index contributed by atoms with van der Waals surface area (Å²) in [5, 5.41) is 0. The number of hydrogen-bond acceptors (Lipinski definition) is 0. The van der Waals surface area contributed by atoms with Crippen molar-refractivity contribution in [2.45, 2.75) is 25.7 Å². The van der Waals surface area contributed by atoms with Gasteiger partial charge >= 0.3 is 0 Å². The summed E-state index contributed by atoms with van der Waals surface area (Å²) in [5.41, 5.74) is 10.5. The predicted molar refractivity (Wildman–Crippen MR) is 118 cm³/mol. The van der Waals surface area contributed by atoms with Crippen LogP contribution in [0, 0.1) is 13.8 Å². The van der Waals surface area contributed by atoms with E-state index in [1.807, 2.05) is 0 Å². The molecule has 28 heavy (non-hydrogen) atoms. The monoisotopic (exact) mass is 360 g/mol. The van der Waals surface area contributed by atoms with Gasteiger partial charge in [-0.3, -0.25) is 0 Å². The fourth-order valence-corrected chi connectivity index (χ4v) is 4.80. The smallest absolute Gasteiger partial charge is 0.0713 e. The van der Waals surface area contributed by atoms with Gasteiger partial charge in [0.05, 0.1) is 5.41 Å². The molecule has 3 aromatic rings. The van der Waals surface area contributed by atoms with Crippen LogP contribution in [0.25, 0.3) is 5.57 Å². The lowest BCUT2D eigenvalue weighted by molar-refractivity contribution is 0.768. The molecular weight excluding hydrogens is 336 g/mol. The molecule has 136 valence electrons. The maximum absolute atomic E-state index is 2.39. The van der Waals surface area contributed by atoms with Crippen molar-refractivity contribution in [1.82, 2.24) is 0 Å². The van der Waals surface area contributed by atoms with Crippen LogP contribution in [-0.2, 0) is 5.41 Å². The Bertz CT molecular complexity index is 1070. The average molecular weight is 361 g/mol. The summed E-state index contributed by atoms with van der Waals surface area (Å²) in [6.07, 6.45) is 10.2. The Labute approximate surface area is 167 Å². The van der Waals surface area contributed by atoms with Crippen LogP contribution in [0.1, 0.15) is 39.8 Å². The molecule has 0 aromatic heterocycles. The zero-order valence-corrected chi connectivity index (χ0v) is 16.4. The molecule has 0 nitrogen and oxygen atoms in total. The summed E-state index contributed by atoms with van der Waals surface area (Å²) in [7, 11) is 0. The first-order chi connectivity index (χ1) is 13.7. The van der Waals surface area contributed by atoms with E-state index in [-0.39, 0.29) is 5.41 Å². The second-order valence-electron chi connectivity index (χ2n) is 7.89. The van der Waals surface area contributed by atoms with Crippen LogP contribution in [0.3, 0.4) is 0 Å². The normalized spacial score (nSPS) is 16.6. The molecule has 0 N–H and O–H groups in total. The summed E-state index contributed by atoms with van der Waals surface area (Å²) in [4.78, 5) is 0. The van der Waals surface area contributed by atoms with Crippen molar-refractivity contribution >= 4 is 5.57 Å². The van der Waals surface area contributed by atoms with Gasteiger partial charge in [0.1, 0.15) is 0 Å². The van der Waals surface area contributed by atoms with Gasteiger partial charge in [-0.15, -0.1) is 0 Å². The summed E-state index contributed by atoms with van der Waals surface area (Å²) < 4.78 is 0. The molecule has 2 aliphatic carbocycles. The van der Waals surface area contributed by atoms with Crippen molar-refractivity contribution in [2.24, 2.45) is 0 Å². The molecule has 0 fully saturated rings. The van der Waals surface area contributed by atoms with Crippen LogP contribution in [-0.4, -0.2) is 0 Å². The first-order valence-electron chi connectivity index (χ1n) is 10.0. The van der Waals surface area contributed by atoms with Gasteiger partial charge < -0.3 is 0 Å². The Morgan fingerprint density at radius 2 is 1.32 bits per heavy atom. The van der Waals surface area contributed by atoms with E-state index < -0.39 is 0 Å². The van der Waals surface area contributed by atoms with E-state index in [9.17, 15) is 0 Å². The lowest BCUT2D eigenvalue weighted by Gasteiger charge is -2.34. The maximum atomic E-state index is 2.39. The second-order valence-corrected chi connectivity index (χ2v) is 7.89. The highest BCUT2D eigenvalue weighted by atomic mass is 14.5. The van der Waals surface area contributed by atoms with Gasteiger partial charge in [0.15, 0.2) is 0 Å². The second kappa shape index (κ2) is 6.49. The highest BCUT2D eigenvalue weighted by Crippen LogP contribution is 2.57. The number of aryl methyl sites for hydroxylation is 2. The molecule has 2 aliphatic rings. The molecule has 0 saturated carbocycles. The fraction of sp³-hybridized carbons (Fsp3) is 0.143. The minimum Gasteiger partial charge on any atom is -0.0807 e. The lowest BCUT2D eigenvalue weighted by Crippen LogP contribution is -2.28. The van der Waals surface area contributed by atoms with E-state index in [1.165, 1.54) is 44.5 Å². The first kappa shape index (κ1) is 17.0. The predicted octanol–water partition coefficient (Wildman–Crippen LogP) is 6.92. The molecular formula is C28H24. The maximum Gasteiger partial charge on any atom is 0.0713 e. The van der Waals surface area contributed by atoms with E-state index in [0.29, 0.717) is 0 Å². The molecule has 0 amide bonds. The Morgan fingerprint density at radius 1 is 0.714 bits per heavy atom. The highest BCUT2D eigenvalue weighted by Gasteiger charge is 2.47. The highest BCUT2D eigenvalue weighted by molar-refractivity contribution is 5.94. The first-order valence-corrected chi connectivity index (χ1v) is 10.0. The van der Waals surface area contributed by atoms with Crippen LogP contribution in [0.15, 0.2) is 103 Å². The van der Waals surface area contributed by atoms with Crippen LogP contribution in [0.4, 0.5) is 0 Å². The number of hydrogen-bond donors (Lipinski definition) is 0. The van der Waals surface area contributed by atoms with Crippen molar-refractivity contribution in [3.8, 4) is 0 Å². The Kier molecular flexibility index (Phi) is 3.94. The fourth-order valence-electron chi connectivity index (χ4n) is 4.80. The Morgan fingerprint density at radius 3 is 1.96 bits per heavy atom. The van der Waals surface area contributed by atoms with E-state index in [1.54, 1.807) is 0 Å². The molecule has 5 rings (SSSR count). The zero-order valence-electron chi connectivity index (χ0n) is 16.4. The van der Waals surface area contributed by atoms with Crippen LogP contribution >= 0.6 is 0 Å². The van der Waals surface area contributed by atoms with Crippen molar-refractivity contribution in [3.63, 3.8) is 0 Å². The van der Waals surface area contributed by atoms with Gasteiger partial charge in [-0.2, -0.15) is 0 Å². The number of fused-ring (bicyclic) bond motifs is 3. The Balaban J connectivity index is 1.93. The third-order valence-corrected chi connectivity index (χ3v) is 6.14.